The fourth-order valence-corrected chi connectivity index (χ4v) is 6.09. The summed E-state index contributed by atoms with van der Waals surface area (Å²) in [7, 11) is 0. The molecule has 6 rings (SSSR count). The zero-order valence-corrected chi connectivity index (χ0v) is 30.0. The Morgan fingerprint density at radius 1 is 0.451 bits per heavy atom. The second-order valence-electron chi connectivity index (χ2n) is 12.4. The van der Waals surface area contributed by atoms with Crippen molar-refractivity contribution in [2.45, 2.75) is 65.6 Å². The lowest BCUT2D eigenvalue weighted by Crippen LogP contribution is -2.16. The molecule has 51 heavy (non-hydrogen) atoms. The Labute approximate surface area is 301 Å². The molecule has 7 heteroatoms. The summed E-state index contributed by atoms with van der Waals surface area (Å²) in [6.45, 7) is 9.59. The maximum atomic E-state index is 7.13. The first-order valence-corrected chi connectivity index (χ1v) is 18.0. The quantitative estimate of drug-likeness (QED) is 0.101. The van der Waals surface area contributed by atoms with E-state index in [-0.39, 0.29) is 0 Å². The normalized spacial score (nSPS) is 12.3. The van der Waals surface area contributed by atoms with Gasteiger partial charge < -0.3 is 14.2 Å². The number of aryl methyl sites for hydroxylation is 2. The van der Waals surface area contributed by atoms with Gasteiger partial charge >= 0.3 is 0 Å². The van der Waals surface area contributed by atoms with Gasteiger partial charge in [-0.3, -0.25) is 19.9 Å². The predicted molar refractivity (Wildman–Crippen MR) is 203 cm³/mol. The first-order valence-electron chi connectivity index (χ1n) is 18.0. The van der Waals surface area contributed by atoms with E-state index in [0.29, 0.717) is 24.6 Å². The van der Waals surface area contributed by atoms with E-state index in [9.17, 15) is 0 Å². The molecule has 4 aromatic carbocycles. The number of rotatable bonds is 16. The van der Waals surface area contributed by atoms with Gasteiger partial charge in [0.25, 0.3) is 0 Å². The lowest BCUT2D eigenvalue weighted by molar-refractivity contribution is 0.0258. The molecule has 0 radical (unpaired) electrons. The van der Waals surface area contributed by atoms with E-state index in [0.717, 1.165) is 70.8 Å². The first kappa shape index (κ1) is 35.4. The van der Waals surface area contributed by atoms with Gasteiger partial charge in [-0.2, -0.15) is 0 Å². The molecule has 0 saturated heterocycles. The van der Waals surface area contributed by atoms with Crippen molar-refractivity contribution < 1.29 is 14.2 Å². The molecule has 6 aromatic rings. The molecule has 0 aliphatic rings. The van der Waals surface area contributed by atoms with E-state index >= 15 is 0 Å². The second-order valence-corrected chi connectivity index (χ2v) is 12.4. The van der Waals surface area contributed by atoms with Crippen molar-refractivity contribution in [1.29, 1.82) is 0 Å². The van der Waals surface area contributed by atoms with Crippen LogP contribution in [-0.4, -0.2) is 33.1 Å². The predicted octanol–water partition coefficient (Wildman–Crippen LogP) is 10.2. The third-order valence-corrected chi connectivity index (χ3v) is 8.72. The Morgan fingerprint density at radius 2 is 0.843 bits per heavy atom. The van der Waals surface area contributed by atoms with Crippen LogP contribution in [0.2, 0.25) is 0 Å². The van der Waals surface area contributed by atoms with Crippen molar-refractivity contribution in [3.05, 3.63) is 155 Å². The Bertz CT molecular complexity index is 1780. The summed E-state index contributed by atoms with van der Waals surface area (Å²) in [5, 5.41) is 0. The lowest BCUT2D eigenvalue weighted by atomic mass is 10.00. The van der Waals surface area contributed by atoms with Gasteiger partial charge in [0.15, 0.2) is 0 Å². The van der Waals surface area contributed by atoms with Gasteiger partial charge in [0, 0.05) is 11.1 Å². The van der Waals surface area contributed by atoms with Crippen molar-refractivity contribution >= 4 is 0 Å². The Morgan fingerprint density at radius 3 is 1.16 bits per heavy atom. The smallest absolute Gasteiger partial charge is 0.127 e. The van der Waals surface area contributed by atoms with Crippen molar-refractivity contribution in [2.24, 2.45) is 0 Å². The number of ether oxygens (including phenoxy) is 3. The van der Waals surface area contributed by atoms with Crippen LogP contribution in [0.15, 0.2) is 122 Å². The highest BCUT2D eigenvalue weighted by molar-refractivity contribution is 5.60. The molecule has 0 spiro atoms. The molecule has 0 N–H and O–H groups in total. The summed E-state index contributed by atoms with van der Waals surface area (Å²) in [5.41, 5.74) is 9.45. The zero-order chi connectivity index (χ0) is 35.4. The molecular weight excluding hydrogens is 633 g/mol. The van der Waals surface area contributed by atoms with Crippen molar-refractivity contribution in [3.63, 3.8) is 0 Å². The number of benzene rings is 4. The van der Waals surface area contributed by atoms with Gasteiger partial charge in [0.05, 0.1) is 60.8 Å². The summed E-state index contributed by atoms with van der Waals surface area (Å²) in [4.78, 5) is 19.6. The number of hydrogen-bond acceptors (Lipinski definition) is 7. The highest BCUT2D eigenvalue weighted by atomic mass is 16.5. The highest BCUT2D eigenvalue weighted by Gasteiger charge is 2.26. The van der Waals surface area contributed by atoms with Crippen LogP contribution in [0.5, 0.6) is 11.5 Å². The molecule has 0 amide bonds. The lowest BCUT2D eigenvalue weighted by Gasteiger charge is -2.25. The minimum atomic E-state index is -0.518. The first-order chi connectivity index (χ1) is 25.1. The van der Waals surface area contributed by atoms with Gasteiger partial charge in [-0.15, -0.1) is 0 Å². The van der Waals surface area contributed by atoms with E-state index in [4.69, 9.17) is 34.1 Å². The summed E-state index contributed by atoms with van der Waals surface area (Å²) in [6.07, 6.45) is 10.4. The Hall–Kier alpha value is -5.40. The maximum absolute atomic E-state index is 7.13. The van der Waals surface area contributed by atoms with Crippen LogP contribution >= 0.6 is 0 Å². The average molecular weight is 679 g/mol. The molecule has 7 nitrogen and oxygen atoms in total. The fourth-order valence-electron chi connectivity index (χ4n) is 6.09. The molecular formula is C44H46N4O3. The minimum Gasteiger partial charge on any atom is -0.494 e. The molecule has 2 aromatic heterocycles. The molecule has 0 aliphatic heterocycles. The van der Waals surface area contributed by atoms with E-state index in [1.807, 2.05) is 87.2 Å². The topological polar surface area (TPSA) is 79.2 Å². The van der Waals surface area contributed by atoms with Gasteiger partial charge in [-0.1, -0.05) is 75.2 Å². The zero-order valence-electron chi connectivity index (χ0n) is 30.0. The second kappa shape index (κ2) is 17.5. The van der Waals surface area contributed by atoms with Gasteiger partial charge in [0.2, 0.25) is 0 Å². The largest absolute Gasteiger partial charge is 0.494 e. The third kappa shape index (κ3) is 9.04. The molecule has 0 bridgehead atoms. The summed E-state index contributed by atoms with van der Waals surface area (Å²) < 4.78 is 18.4. The maximum Gasteiger partial charge on any atom is 0.127 e. The number of aromatic nitrogens is 4. The molecule has 2 heterocycles. The monoisotopic (exact) mass is 678 g/mol. The molecule has 2 atom stereocenters. The molecule has 0 saturated carbocycles. The van der Waals surface area contributed by atoms with E-state index < -0.39 is 12.2 Å². The van der Waals surface area contributed by atoms with E-state index in [1.54, 1.807) is 0 Å². The van der Waals surface area contributed by atoms with Crippen molar-refractivity contribution in [2.75, 3.05) is 13.2 Å². The fraction of sp³-hybridized carbons (Fsp3) is 0.273. The van der Waals surface area contributed by atoms with E-state index in [1.165, 1.54) is 11.1 Å². The Balaban J connectivity index is 1.36. The number of hydrogen-bond donors (Lipinski definition) is 0. The molecule has 260 valence electrons. The van der Waals surface area contributed by atoms with Crippen LogP contribution in [0.3, 0.4) is 0 Å². The van der Waals surface area contributed by atoms with Crippen molar-refractivity contribution in [3.8, 4) is 34.0 Å². The summed E-state index contributed by atoms with van der Waals surface area (Å²) in [6, 6.07) is 33.1. The Kier molecular flexibility index (Phi) is 12.2. The SMILES string of the molecule is CCCc1ccc(C(OC(c2ccc(CCC)cc2)c2cnc(-c3ccc(OCC)cc3)cn2)c2cnc(-c3ccc(OCC)cc3)cn2)cc1. The summed E-state index contributed by atoms with van der Waals surface area (Å²) >= 11 is 0. The van der Waals surface area contributed by atoms with Gasteiger partial charge in [0.1, 0.15) is 23.7 Å². The molecule has 2 unspecified atom stereocenters. The molecule has 0 fully saturated rings. The summed E-state index contributed by atoms with van der Waals surface area (Å²) in [5.74, 6) is 1.66. The standard InChI is InChI=1S/C44H46N4O3/c1-5-9-31-11-15-35(16-12-31)43(41-29-45-39(27-47-41)33-19-23-37(24-20-33)49-7-3)51-44(36-17-13-32(10-6-2)14-18-36)42-30-46-40(28-48-42)34-21-25-38(26-22-34)50-8-4/h11-30,43-44H,5-10H2,1-4H3. The van der Waals surface area contributed by atoms with Crippen LogP contribution in [0, 0.1) is 0 Å². The van der Waals surface area contributed by atoms with E-state index in [2.05, 4.69) is 62.4 Å². The average Bonchev–Trinajstić information content (AvgIpc) is 3.18. The van der Waals surface area contributed by atoms with Crippen LogP contribution in [0.4, 0.5) is 0 Å². The van der Waals surface area contributed by atoms with Crippen LogP contribution < -0.4 is 9.47 Å². The van der Waals surface area contributed by atoms with Crippen LogP contribution in [0.25, 0.3) is 22.5 Å². The van der Waals surface area contributed by atoms with Crippen LogP contribution in [-0.2, 0) is 17.6 Å². The highest BCUT2D eigenvalue weighted by Crippen LogP contribution is 2.36. The van der Waals surface area contributed by atoms with Crippen LogP contribution in [0.1, 0.15) is 86.4 Å². The van der Waals surface area contributed by atoms with Gasteiger partial charge in [-0.25, -0.2) is 0 Å². The van der Waals surface area contributed by atoms with Crippen molar-refractivity contribution in [1.82, 2.24) is 19.9 Å². The minimum absolute atomic E-state index is 0.518. The molecule has 0 aliphatic carbocycles. The third-order valence-electron chi connectivity index (χ3n) is 8.72. The van der Waals surface area contributed by atoms with Gasteiger partial charge in [-0.05, 0) is 97.5 Å². The number of nitrogens with zero attached hydrogens (tertiary/aromatic N) is 4.